The summed E-state index contributed by atoms with van der Waals surface area (Å²) in [6.45, 7) is 0. The summed E-state index contributed by atoms with van der Waals surface area (Å²) in [6, 6.07) is 8.96. The second-order valence-electron chi connectivity index (χ2n) is 3.43. The topological polar surface area (TPSA) is 44.1 Å². The maximum Gasteiger partial charge on any atom is 0.206 e. The number of hydrogen-bond donors (Lipinski definition) is 0. The summed E-state index contributed by atoms with van der Waals surface area (Å²) >= 11 is 3.29. The van der Waals surface area contributed by atoms with Crippen molar-refractivity contribution in [2.75, 3.05) is 14.1 Å². The zero-order valence-corrected chi connectivity index (χ0v) is 10.7. The van der Waals surface area contributed by atoms with Crippen LogP contribution in [-0.2, 0) is 0 Å². The van der Waals surface area contributed by atoms with Crippen LogP contribution in [0, 0.1) is 11.3 Å². The molecule has 0 aromatic heterocycles. The van der Waals surface area contributed by atoms with Gasteiger partial charge in [0.05, 0.1) is 0 Å². The molecule has 1 aromatic rings. The lowest BCUT2D eigenvalue weighted by molar-refractivity contribution is 0.103. The number of halogens is 1. The first kappa shape index (κ1) is 12.5. The molecule has 0 N–H and O–H groups in total. The molecule has 3 nitrogen and oxygen atoms in total. The van der Waals surface area contributed by atoms with Gasteiger partial charge >= 0.3 is 0 Å². The van der Waals surface area contributed by atoms with Crippen molar-refractivity contribution in [2.24, 2.45) is 0 Å². The number of ketones is 1. The second kappa shape index (κ2) is 5.47. The van der Waals surface area contributed by atoms with Crippen molar-refractivity contribution < 1.29 is 4.79 Å². The van der Waals surface area contributed by atoms with E-state index in [9.17, 15) is 4.79 Å². The Morgan fingerprint density at radius 3 is 2.56 bits per heavy atom. The molecule has 0 unspecified atom stereocenters. The Morgan fingerprint density at radius 2 is 2.06 bits per heavy atom. The minimum absolute atomic E-state index is 0.122. The van der Waals surface area contributed by atoms with Crippen LogP contribution >= 0.6 is 15.9 Å². The Balaban J connectivity index is 3.12. The predicted molar refractivity (Wildman–Crippen MR) is 65.9 cm³/mol. The number of nitrogens with zero attached hydrogens (tertiary/aromatic N) is 2. The van der Waals surface area contributed by atoms with E-state index in [1.54, 1.807) is 37.2 Å². The van der Waals surface area contributed by atoms with E-state index in [1.807, 2.05) is 12.1 Å². The van der Waals surface area contributed by atoms with Crippen molar-refractivity contribution in [2.45, 2.75) is 0 Å². The summed E-state index contributed by atoms with van der Waals surface area (Å²) in [7, 11) is 3.54. The molecule has 0 fully saturated rings. The Morgan fingerprint density at radius 1 is 1.44 bits per heavy atom. The Labute approximate surface area is 103 Å². The first-order valence-electron chi connectivity index (χ1n) is 4.64. The molecule has 0 amide bonds. The summed E-state index contributed by atoms with van der Waals surface area (Å²) in [5.41, 5.74) is 0.619. The van der Waals surface area contributed by atoms with Gasteiger partial charge < -0.3 is 4.90 Å². The number of hydrogen-bond acceptors (Lipinski definition) is 3. The van der Waals surface area contributed by atoms with Crippen LogP contribution in [0.15, 0.2) is 40.5 Å². The number of Topliss-reactive ketones (excluding diaryl/α,β-unsaturated/α-hetero) is 1. The van der Waals surface area contributed by atoms with Gasteiger partial charge in [-0.25, -0.2) is 0 Å². The molecule has 0 aliphatic rings. The molecule has 82 valence electrons. The minimum atomic E-state index is -0.274. The lowest BCUT2D eigenvalue weighted by Crippen LogP contribution is -2.09. The van der Waals surface area contributed by atoms with E-state index >= 15 is 0 Å². The Bertz CT molecular complexity index is 472. The second-order valence-corrected chi connectivity index (χ2v) is 4.28. The molecule has 16 heavy (non-hydrogen) atoms. The van der Waals surface area contributed by atoms with Crippen LogP contribution < -0.4 is 0 Å². The highest BCUT2D eigenvalue weighted by atomic mass is 79.9. The third-order valence-corrected chi connectivity index (χ3v) is 2.56. The van der Waals surface area contributed by atoms with E-state index in [1.165, 1.54) is 6.20 Å². The zero-order valence-electron chi connectivity index (χ0n) is 9.07. The fourth-order valence-electron chi connectivity index (χ4n) is 1.19. The van der Waals surface area contributed by atoms with Gasteiger partial charge in [-0.3, -0.25) is 4.79 Å². The molecule has 0 spiro atoms. The van der Waals surface area contributed by atoms with Crippen LogP contribution in [0.25, 0.3) is 0 Å². The molecule has 0 radical (unpaired) electrons. The van der Waals surface area contributed by atoms with Crippen LogP contribution in [0.3, 0.4) is 0 Å². The normalized spacial score (nSPS) is 10.8. The zero-order chi connectivity index (χ0) is 12.1. The number of carbonyl (C=O) groups is 1. The molecule has 0 heterocycles. The van der Waals surface area contributed by atoms with Crippen LogP contribution in [0.2, 0.25) is 0 Å². The Hall–Kier alpha value is -1.60. The standard InChI is InChI=1S/C12H11BrN2O/c1-15(2)8-9(7-14)12(16)10-5-3-4-6-11(10)13/h3-6,8H,1-2H3/b9-8-. The summed E-state index contributed by atoms with van der Waals surface area (Å²) in [6.07, 6.45) is 1.52. The molecule has 0 saturated carbocycles. The van der Waals surface area contributed by atoms with Gasteiger partial charge in [0.25, 0.3) is 0 Å². The SMILES string of the molecule is CN(C)/C=C(/C#N)C(=O)c1ccccc1Br. The molecule has 1 aromatic carbocycles. The monoisotopic (exact) mass is 278 g/mol. The van der Waals surface area contributed by atoms with Crippen LogP contribution in [0.5, 0.6) is 0 Å². The summed E-state index contributed by atoms with van der Waals surface area (Å²) in [4.78, 5) is 13.7. The largest absolute Gasteiger partial charge is 0.382 e. The van der Waals surface area contributed by atoms with Crippen molar-refractivity contribution >= 4 is 21.7 Å². The number of allylic oxidation sites excluding steroid dienone is 1. The summed E-state index contributed by atoms with van der Waals surface area (Å²) in [5.74, 6) is -0.274. The van der Waals surface area contributed by atoms with E-state index in [2.05, 4.69) is 15.9 Å². The molecular weight excluding hydrogens is 268 g/mol. The molecule has 0 saturated heterocycles. The third kappa shape index (κ3) is 2.94. The van der Waals surface area contributed by atoms with Gasteiger partial charge in [-0.15, -0.1) is 0 Å². The van der Waals surface area contributed by atoms with Crippen LogP contribution in [0.1, 0.15) is 10.4 Å². The molecule has 0 aliphatic carbocycles. The van der Waals surface area contributed by atoms with Gasteiger partial charge in [0, 0.05) is 30.3 Å². The van der Waals surface area contributed by atoms with Gasteiger partial charge in [-0.2, -0.15) is 5.26 Å². The van der Waals surface area contributed by atoms with Crippen molar-refractivity contribution in [3.8, 4) is 6.07 Å². The van der Waals surface area contributed by atoms with E-state index < -0.39 is 0 Å². The molecule has 1 rings (SSSR count). The van der Waals surface area contributed by atoms with E-state index in [0.29, 0.717) is 10.0 Å². The van der Waals surface area contributed by atoms with Crippen molar-refractivity contribution in [3.05, 3.63) is 46.1 Å². The van der Waals surface area contributed by atoms with Crippen molar-refractivity contribution in [3.63, 3.8) is 0 Å². The predicted octanol–water partition coefficient (Wildman–Crippen LogP) is 2.60. The third-order valence-electron chi connectivity index (χ3n) is 1.87. The van der Waals surface area contributed by atoms with E-state index in [-0.39, 0.29) is 11.4 Å². The first-order chi connectivity index (χ1) is 7.56. The lowest BCUT2D eigenvalue weighted by atomic mass is 10.1. The van der Waals surface area contributed by atoms with Crippen molar-refractivity contribution in [1.82, 2.24) is 4.90 Å². The first-order valence-corrected chi connectivity index (χ1v) is 5.43. The van der Waals surface area contributed by atoms with E-state index in [4.69, 9.17) is 5.26 Å². The maximum absolute atomic E-state index is 12.0. The quantitative estimate of drug-likeness (QED) is 0.485. The minimum Gasteiger partial charge on any atom is -0.382 e. The van der Waals surface area contributed by atoms with Crippen LogP contribution in [-0.4, -0.2) is 24.8 Å². The van der Waals surface area contributed by atoms with Crippen LogP contribution in [0.4, 0.5) is 0 Å². The number of rotatable bonds is 3. The molecule has 0 aliphatic heterocycles. The van der Waals surface area contributed by atoms with Gasteiger partial charge in [0.15, 0.2) is 0 Å². The Kier molecular flexibility index (Phi) is 4.27. The summed E-state index contributed by atoms with van der Waals surface area (Å²) < 4.78 is 0.694. The molecular formula is C12H11BrN2O. The molecule has 0 atom stereocenters. The smallest absolute Gasteiger partial charge is 0.206 e. The molecule has 4 heteroatoms. The van der Waals surface area contributed by atoms with Gasteiger partial charge in [0.2, 0.25) is 5.78 Å². The highest BCUT2D eigenvalue weighted by Crippen LogP contribution is 2.19. The maximum atomic E-state index is 12.0. The lowest BCUT2D eigenvalue weighted by Gasteiger charge is -2.06. The number of benzene rings is 1. The highest BCUT2D eigenvalue weighted by Gasteiger charge is 2.14. The highest BCUT2D eigenvalue weighted by molar-refractivity contribution is 9.10. The fourth-order valence-corrected chi connectivity index (χ4v) is 1.65. The average molecular weight is 279 g/mol. The molecule has 0 bridgehead atoms. The van der Waals surface area contributed by atoms with E-state index in [0.717, 1.165) is 0 Å². The summed E-state index contributed by atoms with van der Waals surface area (Å²) in [5, 5.41) is 8.92. The van der Waals surface area contributed by atoms with Gasteiger partial charge in [-0.1, -0.05) is 28.1 Å². The number of carbonyl (C=O) groups excluding carboxylic acids is 1. The van der Waals surface area contributed by atoms with Gasteiger partial charge in [0.1, 0.15) is 11.6 Å². The van der Waals surface area contributed by atoms with Crippen molar-refractivity contribution in [1.29, 1.82) is 5.26 Å². The number of nitriles is 1. The fraction of sp³-hybridized carbons (Fsp3) is 0.167. The average Bonchev–Trinajstić information content (AvgIpc) is 2.25. The van der Waals surface area contributed by atoms with Gasteiger partial charge in [-0.05, 0) is 12.1 Å².